The molecule has 0 saturated carbocycles. The smallest absolute Gasteiger partial charge is 0.128 e. The zero-order valence-electron chi connectivity index (χ0n) is 7.30. The number of hydrogen-bond acceptors (Lipinski definition) is 3. The maximum absolute atomic E-state index is 13.4. The summed E-state index contributed by atoms with van der Waals surface area (Å²) in [5.74, 6) is -0.262. The summed E-state index contributed by atoms with van der Waals surface area (Å²) in [5, 5.41) is 9.21. The Morgan fingerprint density at radius 1 is 1.43 bits per heavy atom. The van der Waals surface area contributed by atoms with Crippen LogP contribution in [0.15, 0.2) is 22.7 Å². The number of rotatable bonds is 1. The number of benzene rings is 1. The first kappa shape index (κ1) is 10.0. The van der Waals surface area contributed by atoms with E-state index in [0.717, 1.165) is 4.47 Å². The van der Waals surface area contributed by atoms with Gasteiger partial charge in [-0.15, -0.1) is 0 Å². The van der Waals surface area contributed by atoms with E-state index in [1.807, 2.05) is 0 Å². The van der Waals surface area contributed by atoms with Crippen molar-refractivity contribution >= 4 is 15.9 Å². The molecule has 14 heavy (non-hydrogen) atoms. The standard InChI is InChI=1S/C9H10BrFN2O/c10-5-1-2-7(11)6(3-5)8-4-9(14)13-12-8/h1-3,8-9,12-14H,4H2. The molecule has 0 radical (unpaired) electrons. The van der Waals surface area contributed by atoms with Gasteiger partial charge in [0.1, 0.15) is 12.0 Å². The van der Waals surface area contributed by atoms with Crippen LogP contribution in [0.3, 0.4) is 0 Å². The summed E-state index contributed by atoms with van der Waals surface area (Å²) in [7, 11) is 0. The Morgan fingerprint density at radius 2 is 2.21 bits per heavy atom. The monoisotopic (exact) mass is 260 g/mol. The third-order valence-electron chi connectivity index (χ3n) is 2.22. The number of hydrogen-bond donors (Lipinski definition) is 3. The largest absolute Gasteiger partial charge is 0.377 e. The highest BCUT2D eigenvalue weighted by Gasteiger charge is 2.25. The van der Waals surface area contributed by atoms with Gasteiger partial charge in [-0.05, 0) is 18.2 Å². The van der Waals surface area contributed by atoms with Crippen LogP contribution in [-0.4, -0.2) is 11.3 Å². The molecular formula is C9H10BrFN2O. The lowest BCUT2D eigenvalue weighted by Crippen LogP contribution is -2.30. The average Bonchev–Trinajstić information content (AvgIpc) is 2.56. The van der Waals surface area contributed by atoms with Crippen LogP contribution in [-0.2, 0) is 0 Å². The van der Waals surface area contributed by atoms with E-state index in [9.17, 15) is 9.50 Å². The molecule has 0 aromatic heterocycles. The number of aliphatic hydroxyl groups is 1. The van der Waals surface area contributed by atoms with E-state index >= 15 is 0 Å². The van der Waals surface area contributed by atoms with Crippen LogP contribution in [0.1, 0.15) is 18.0 Å². The van der Waals surface area contributed by atoms with Gasteiger partial charge in [0.2, 0.25) is 0 Å². The second-order valence-corrected chi connectivity index (χ2v) is 4.17. The predicted octanol–water partition coefficient (Wildman–Crippen LogP) is 1.45. The number of aliphatic hydroxyl groups excluding tert-OH is 1. The lowest BCUT2D eigenvalue weighted by Gasteiger charge is -2.10. The summed E-state index contributed by atoms with van der Waals surface area (Å²) < 4.78 is 14.2. The number of hydrazine groups is 1. The molecule has 1 aromatic carbocycles. The van der Waals surface area contributed by atoms with Crippen molar-refractivity contribution < 1.29 is 9.50 Å². The fourth-order valence-electron chi connectivity index (χ4n) is 1.52. The molecular weight excluding hydrogens is 251 g/mol. The zero-order valence-corrected chi connectivity index (χ0v) is 8.88. The maximum Gasteiger partial charge on any atom is 0.128 e. The molecule has 0 amide bonds. The van der Waals surface area contributed by atoms with Gasteiger partial charge in [-0.25, -0.2) is 15.2 Å². The highest BCUT2D eigenvalue weighted by Crippen LogP contribution is 2.26. The van der Waals surface area contributed by atoms with Gasteiger partial charge in [-0.1, -0.05) is 15.9 Å². The first-order valence-electron chi connectivity index (χ1n) is 4.31. The summed E-state index contributed by atoms with van der Waals surface area (Å²) in [6, 6.07) is 4.60. The van der Waals surface area contributed by atoms with Gasteiger partial charge in [0.15, 0.2) is 0 Å². The topological polar surface area (TPSA) is 44.3 Å². The molecule has 5 heteroatoms. The highest BCUT2D eigenvalue weighted by atomic mass is 79.9. The van der Waals surface area contributed by atoms with Crippen molar-refractivity contribution in [1.29, 1.82) is 0 Å². The summed E-state index contributed by atoms with van der Waals surface area (Å²) in [6.07, 6.45) is -0.147. The fraction of sp³-hybridized carbons (Fsp3) is 0.333. The van der Waals surface area contributed by atoms with Gasteiger partial charge in [0.25, 0.3) is 0 Å². The van der Waals surface area contributed by atoms with Crippen molar-refractivity contribution in [2.24, 2.45) is 0 Å². The molecule has 1 aliphatic heterocycles. The van der Waals surface area contributed by atoms with E-state index in [2.05, 4.69) is 26.8 Å². The number of halogens is 2. The molecule has 2 unspecified atom stereocenters. The quantitative estimate of drug-likeness (QED) is 0.716. The molecule has 76 valence electrons. The zero-order chi connectivity index (χ0) is 10.1. The molecule has 1 heterocycles. The summed E-state index contributed by atoms with van der Waals surface area (Å²) >= 11 is 3.28. The third-order valence-corrected chi connectivity index (χ3v) is 2.71. The molecule has 1 aliphatic rings. The van der Waals surface area contributed by atoms with Crippen LogP contribution < -0.4 is 10.9 Å². The van der Waals surface area contributed by atoms with Crippen molar-refractivity contribution in [3.63, 3.8) is 0 Å². The Morgan fingerprint density at radius 3 is 2.86 bits per heavy atom. The lowest BCUT2D eigenvalue weighted by molar-refractivity contribution is 0.153. The summed E-state index contributed by atoms with van der Waals surface area (Å²) in [4.78, 5) is 0. The summed E-state index contributed by atoms with van der Waals surface area (Å²) in [6.45, 7) is 0. The third kappa shape index (κ3) is 1.95. The van der Waals surface area contributed by atoms with Crippen molar-refractivity contribution in [3.05, 3.63) is 34.1 Å². The van der Waals surface area contributed by atoms with Crippen LogP contribution in [0.4, 0.5) is 4.39 Å². The van der Waals surface area contributed by atoms with Gasteiger partial charge in [0.05, 0.1) is 6.04 Å². The summed E-state index contributed by atoms with van der Waals surface area (Å²) in [5.41, 5.74) is 6.03. The normalized spacial score (nSPS) is 26.8. The molecule has 3 nitrogen and oxygen atoms in total. The van der Waals surface area contributed by atoms with Crippen molar-refractivity contribution in [3.8, 4) is 0 Å². The molecule has 2 atom stereocenters. The van der Waals surface area contributed by atoms with E-state index in [-0.39, 0.29) is 11.9 Å². The minimum atomic E-state index is -0.613. The average molecular weight is 261 g/mol. The Balaban J connectivity index is 2.27. The minimum Gasteiger partial charge on any atom is -0.377 e. The molecule has 1 fully saturated rings. The Labute approximate surface area is 89.4 Å². The van der Waals surface area contributed by atoms with Crippen molar-refractivity contribution in [2.75, 3.05) is 0 Å². The van der Waals surface area contributed by atoms with E-state index in [0.29, 0.717) is 12.0 Å². The van der Waals surface area contributed by atoms with Crippen LogP contribution in [0.2, 0.25) is 0 Å². The molecule has 1 aromatic rings. The van der Waals surface area contributed by atoms with Gasteiger partial charge in [-0.3, -0.25) is 0 Å². The first-order valence-corrected chi connectivity index (χ1v) is 5.10. The molecule has 0 bridgehead atoms. The second kappa shape index (κ2) is 3.94. The van der Waals surface area contributed by atoms with E-state index < -0.39 is 6.23 Å². The van der Waals surface area contributed by atoms with Crippen molar-refractivity contribution in [1.82, 2.24) is 10.9 Å². The lowest BCUT2D eigenvalue weighted by atomic mass is 10.0. The minimum absolute atomic E-state index is 0.178. The molecule has 0 aliphatic carbocycles. The van der Waals surface area contributed by atoms with Crippen LogP contribution >= 0.6 is 15.9 Å². The van der Waals surface area contributed by atoms with E-state index in [1.165, 1.54) is 6.07 Å². The molecule has 2 rings (SSSR count). The van der Waals surface area contributed by atoms with Gasteiger partial charge < -0.3 is 5.11 Å². The Hall–Kier alpha value is -0.490. The Bertz CT molecular complexity index is 348. The van der Waals surface area contributed by atoms with E-state index in [4.69, 9.17) is 0 Å². The molecule has 3 N–H and O–H groups in total. The fourth-order valence-corrected chi connectivity index (χ4v) is 1.90. The van der Waals surface area contributed by atoms with E-state index in [1.54, 1.807) is 12.1 Å². The SMILES string of the molecule is OC1CC(c2cc(Br)ccc2F)NN1. The van der Waals surface area contributed by atoms with Crippen LogP contribution in [0, 0.1) is 5.82 Å². The van der Waals surface area contributed by atoms with Crippen LogP contribution in [0.5, 0.6) is 0 Å². The molecule has 0 spiro atoms. The number of nitrogens with one attached hydrogen (secondary N) is 2. The highest BCUT2D eigenvalue weighted by molar-refractivity contribution is 9.10. The van der Waals surface area contributed by atoms with Gasteiger partial charge in [0, 0.05) is 16.5 Å². The van der Waals surface area contributed by atoms with Crippen LogP contribution in [0.25, 0.3) is 0 Å². The maximum atomic E-state index is 13.4. The van der Waals surface area contributed by atoms with Gasteiger partial charge >= 0.3 is 0 Å². The Kier molecular flexibility index (Phi) is 2.83. The predicted molar refractivity (Wildman–Crippen MR) is 53.7 cm³/mol. The second-order valence-electron chi connectivity index (χ2n) is 3.26. The van der Waals surface area contributed by atoms with Gasteiger partial charge in [-0.2, -0.15) is 0 Å². The first-order chi connectivity index (χ1) is 6.66. The molecule has 1 saturated heterocycles. The van der Waals surface area contributed by atoms with Crippen molar-refractivity contribution in [2.45, 2.75) is 18.7 Å².